The molecule has 0 aliphatic heterocycles. The number of Topliss-reactive ketones (excluding diaryl/α,β-unsaturated/α-hetero) is 2. The molecule has 0 bridgehead atoms. The maximum Gasteiger partial charge on any atom is 0.309 e. The van der Waals surface area contributed by atoms with Crippen LogP contribution in [-0.2, 0) is 28.7 Å². The molecule has 2 N–H and O–H groups in total. The molecular formula is C16H22O8. The van der Waals surface area contributed by atoms with E-state index in [0.29, 0.717) is 0 Å². The van der Waals surface area contributed by atoms with Crippen molar-refractivity contribution in [2.24, 2.45) is 0 Å². The summed E-state index contributed by atoms with van der Waals surface area (Å²) in [7, 11) is 0. The second kappa shape index (κ2) is 7.98. The van der Waals surface area contributed by atoms with Crippen LogP contribution in [0.2, 0.25) is 0 Å². The standard InChI is InChI=1S/C16H22O8/c1-9(2)13(19)15(5,21)23-11(17)7-8-12(18)24-16(6,22)14(20)10(3)4/h21-22H,1,3,7-8H2,2,4-6H3. The van der Waals surface area contributed by atoms with Gasteiger partial charge in [0.1, 0.15) is 0 Å². The smallest absolute Gasteiger partial charge is 0.309 e. The van der Waals surface area contributed by atoms with Gasteiger partial charge in [-0.15, -0.1) is 0 Å². The average molecular weight is 342 g/mol. The van der Waals surface area contributed by atoms with Crippen LogP contribution in [0.5, 0.6) is 0 Å². The van der Waals surface area contributed by atoms with Crippen molar-refractivity contribution in [2.45, 2.75) is 52.1 Å². The maximum absolute atomic E-state index is 11.6. The molecule has 0 aromatic carbocycles. The quantitative estimate of drug-likeness (QED) is 0.353. The van der Waals surface area contributed by atoms with Gasteiger partial charge in [0.15, 0.2) is 0 Å². The Hall–Kier alpha value is -2.32. The molecule has 0 rings (SSSR count). The molecule has 0 radical (unpaired) electrons. The zero-order valence-corrected chi connectivity index (χ0v) is 14.2. The van der Waals surface area contributed by atoms with E-state index in [1.807, 2.05) is 0 Å². The van der Waals surface area contributed by atoms with Crippen molar-refractivity contribution in [3.05, 3.63) is 24.3 Å². The molecule has 0 fully saturated rings. The molecule has 2 unspecified atom stereocenters. The Bertz CT molecular complexity index is 531. The van der Waals surface area contributed by atoms with Gasteiger partial charge in [-0.05, 0) is 25.0 Å². The molecule has 0 saturated heterocycles. The van der Waals surface area contributed by atoms with E-state index in [1.54, 1.807) is 0 Å². The summed E-state index contributed by atoms with van der Waals surface area (Å²) in [5, 5.41) is 19.5. The molecular weight excluding hydrogens is 320 g/mol. The van der Waals surface area contributed by atoms with Crippen LogP contribution in [-0.4, -0.2) is 45.3 Å². The Morgan fingerprint density at radius 1 is 0.792 bits per heavy atom. The van der Waals surface area contributed by atoms with Crippen LogP contribution in [0.15, 0.2) is 24.3 Å². The van der Waals surface area contributed by atoms with Crippen LogP contribution in [0.1, 0.15) is 40.5 Å². The van der Waals surface area contributed by atoms with E-state index in [0.717, 1.165) is 13.8 Å². The molecule has 0 aromatic heterocycles. The third kappa shape index (κ3) is 6.43. The number of esters is 2. The van der Waals surface area contributed by atoms with Gasteiger partial charge in [0, 0.05) is 13.8 Å². The van der Waals surface area contributed by atoms with Gasteiger partial charge in [0.25, 0.3) is 11.6 Å². The van der Waals surface area contributed by atoms with Gasteiger partial charge >= 0.3 is 11.9 Å². The summed E-state index contributed by atoms with van der Waals surface area (Å²) in [6.07, 6.45) is -1.06. The van der Waals surface area contributed by atoms with Crippen molar-refractivity contribution in [3.8, 4) is 0 Å². The van der Waals surface area contributed by atoms with E-state index < -0.39 is 47.9 Å². The fourth-order valence-electron chi connectivity index (χ4n) is 1.63. The van der Waals surface area contributed by atoms with Crippen LogP contribution in [0, 0.1) is 0 Å². The zero-order valence-electron chi connectivity index (χ0n) is 14.2. The zero-order chi connectivity index (χ0) is 19.3. The molecule has 0 spiro atoms. The van der Waals surface area contributed by atoms with Gasteiger partial charge in [0.05, 0.1) is 12.8 Å². The van der Waals surface area contributed by atoms with Crippen LogP contribution in [0.3, 0.4) is 0 Å². The Kier molecular flexibility index (Phi) is 7.21. The number of rotatable bonds is 9. The minimum Gasteiger partial charge on any atom is -0.425 e. The SMILES string of the molecule is C=C(C)C(=O)C(C)(O)OC(=O)CCC(=O)OC(C)(O)C(=O)C(=C)C. The van der Waals surface area contributed by atoms with Gasteiger partial charge in [-0.3, -0.25) is 19.2 Å². The van der Waals surface area contributed by atoms with E-state index in [4.69, 9.17) is 0 Å². The number of aliphatic hydroxyl groups is 2. The Labute approximate surface area is 139 Å². The molecule has 8 nitrogen and oxygen atoms in total. The number of ether oxygens (including phenoxy) is 2. The van der Waals surface area contributed by atoms with E-state index >= 15 is 0 Å². The molecule has 2 atom stereocenters. The molecule has 0 amide bonds. The van der Waals surface area contributed by atoms with Crippen molar-refractivity contribution >= 4 is 23.5 Å². The first-order chi connectivity index (χ1) is 10.7. The molecule has 0 saturated carbocycles. The van der Waals surface area contributed by atoms with E-state index in [-0.39, 0.29) is 11.1 Å². The van der Waals surface area contributed by atoms with E-state index in [2.05, 4.69) is 22.6 Å². The fraction of sp³-hybridized carbons (Fsp3) is 0.500. The Morgan fingerprint density at radius 3 is 1.25 bits per heavy atom. The molecule has 0 heterocycles. The minimum atomic E-state index is -2.39. The molecule has 0 aromatic rings. The number of ketones is 2. The summed E-state index contributed by atoms with van der Waals surface area (Å²) in [6.45, 7) is 11.3. The minimum absolute atomic E-state index is 0.0124. The van der Waals surface area contributed by atoms with Crippen molar-refractivity contribution in [1.29, 1.82) is 0 Å². The second-order valence-corrected chi connectivity index (χ2v) is 5.63. The summed E-state index contributed by atoms with van der Waals surface area (Å²) in [5.74, 6) is -8.64. The van der Waals surface area contributed by atoms with Gasteiger partial charge < -0.3 is 19.7 Å². The summed E-state index contributed by atoms with van der Waals surface area (Å²) in [5.41, 5.74) is -0.0249. The third-order valence-corrected chi connectivity index (χ3v) is 2.78. The Balaban J connectivity index is 4.60. The van der Waals surface area contributed by atoms with Crippen molar-refractivity contribution < 1.29 is 38.9 Å². The van der Waals surface area contributed by atoms with Crippen LogP contribution < -0.4 is 0 Å². The lowest BCUT2D eigenvalue weighted by atomic mass is 10.1. The summed E-state index contributed by atoms with van der Waals surface area (Å²) in [4.78, 5) is 46.3. The number of carbonyl (C=O) groups excluding carboxylic acids is 4. The highest BCUT2D eigenvalue weighted by Gasteiger charge is 2.36. The predicted octanol–water partition coefficient (Wildman–Crippen LogP) is 0.560. The Morgan fingerprint density at radius 2 is 1.04 bits per heavy atom. The molecule has 0 aliphatic rings. The predicted molar refractivity (Wildman–Crippen MR) is 82.3 cm³/mol. The highest BCUT2D eigenvalue weighted by atomic mass is 16.7. The molecule has 134 valence electrons. The summed E-state index contributed by atoms with van der Waals surface area (Å²) < 4.78 is 9.16. The lowest BCUT2D eigenvalue weighted by molar-refractivity contribution is -0.206. The summed E-state index contributed by atoms with van der Waals surface area (Å²) in [6, 6.07) is 0. The molecule has 0 aliphatic carbocycles. The number of carbonyl (C=O) groups is 4. The lowest BCUT2D eigenvalue weighted by Gasteiger charge is -2.23. The third-order valence-electron chi connectivity index (χ3n) is 2.78. The number of hydrogen-bond donors (Lipinski definition) is 2. The topological polar surface area (TPSA) is 127 Å². The highest BCUT2D eigenvalue weighted by molar-refractivity contribution is 6.01. The first-order valence-corrected chi connectivity index (χ1v) is 6.99. The number of hydrogen-bond acceptors (Lipinski definition) is 8. The first-order valence-electron chi connectivity index (χ1n) is 6.99. The van der Waals surface area contributed by atoms with E-state index in [9.17, 15) is 29.4 Å². The van der Waals surface area contributed by atoms with Gasteiger partial charge in [-0.25, -0.2) is 0 Å². The van der Waals surface area contributed by atoms with Crippen LogP contribution in [0.25, 0.3) is 0 Å². The molecule has 24 heavy (non-hydrogen) atoms. The average Bonchev–Trinajstić information content (AvgIpc) is 2.42. The molecule has 8 heteroatoms. The first kappa shape index (κ1) is 21.7. The fourth-order valence-corrected chi connectivity index (χ4v) is 1.63. The van der Waals surface area contributed by atoms with Gasteiger partial charge in [-0.1, -0.05) is 13.2 Å². The normalized spacial score (nSPS) is 15.4. The van der Waals surface area contributed by atoms with Crippen molar-refractivity contribution in [1.82, 2.24) is 0 Å². The lowest BCUT2D eigenvalue weighted by Crippen LogP contribution is -2.41. The van der Waals surface area contributed by atoms with Crippen LogP contribution in [0.4, 0.5) is 0 Å². The van der Waals surface area contributed by atoms with Crippen LogP contribution >= 0.6 is 0 Å². The van der Waals surface area contributed by atoms with Crippen molar-refractivity contribution in [3.63, 3.8) is 0 Å². The second-order valence-electron chi connectivity index (χ2n) is 5.63. The van der Waals surface area contributed by atoms with Gasteiger partial charge in [-0.2, -0.15) is 0 Å². The van der Waals surface area contributed by atoms with E-state index in [1.165, 1.54) is 13.8 Å². The largest absolute Gasteiger partial charge is 0.425 e. The maximum atomic E-state index is 11.6. The summed E-state index contributed by atoms with van der Waals surface area (Å²) >= 11 is 0. The van der Waals surface area contributed by atoms with Gasteiger partial charge in [0.2, 0.25) is 11.6 Å². The highest BCUT2D eigenvalue weighted by Crippen LogP contribution is 2.16. The monoisotopic (exact) mass is 342 g/mol. The van der Waals surface area contributed by atoms with Crippen molar-refractivity contribution in [2.75, 3.05) is 0 Å².